The molecule has 0 spiro atoms. The summed E-state index contributed by atoms with van der Waals surface area (Å²) < 4.78 is 11.7. The van der Waals surface area contributed by atoms with Crippen molar-refractivity contribution in [3.8, 4) is 39.1 Å². The summed E-state index contributed by atoms with van der Waals surface area (Å²) in [6, 6.07) is 29.4. The number of carbonyl (C=O) groups is 1. The molecular formula is C52H68O5. The molecule has 1 aliphatic rings. The van der Waals surface area contributed by atoms with Crippen LogP contribution >= 0.6 is 0 Å². The van der Waals surface area contributed by atoms with E-state index < -0.39 is 11.4 Å². The highest BCUT2D eigenvalue weighted by atomic mass is 16.5. The largest absolute Gasteiger partial charge is 0.493 e. The molecule has 57 heavy (non-hydrogen) atoms. The van der Waals surface area contributed by atoms with Crippen molar-refractivity contribution in [1.82, 2.24) is 0 Å². The van der Waals surface area contributed by atoms with Crippen molar-refractivity contribution in [3.05, 3.63) is 113 Å². The molecular weight excluding hydrogens is 705 g/mol. The van der Waals surface area contributed by atoms with Crippen LogP contribution in [0.15, 0.2) is 91.0 Å². The molecule has 0 aromatic heterocycles. The Bertz CT molecular complexity index is 1890. The number of aliphatic hydroxyl groups is 2. The lowest BCUT2D eigenvalue weighted by Gasteiger charge is -2.29. The van der Waals surface area contributed by atoms with Crippen LogP contribution < -0.4 is 4.74 Å². The zero-order valence-electron chi connectivity index (χ0n) is 35.5. The summed E-state index contributed by atoms with van der Waals surface area (Å²) in [4.78, 5) is 12.2. The number of ether oxygens (including phenoxy) is 2. The molecule has 5 rings (SSSR count). The predicted octanol–water partition coefficient (Wildman–Crippen LogP) is 12.5. The molecule has 5 nitrogen and oxygen atoms in total. The van der Waals surface area contributed by atoms with E-state index in [1.54, 1.807) is 6.92 Å². The van der Waals surface area contributed by atoms with Crippen molar-refractivity contribution >= 4 is 5.97 Å². The molecule has 306 valence electrons. The maximum Gasteiger partial charge on any atom is 0.333 e. The summed E-state index contributed by atoms with van der Waals surface area (Å²) in [5, 5.41) is 19.9. The second-order valence-electron chi connectivity index (χ2n) is 16.5. The molecule has 1 aliphatic carbocycles. The van der Waals surface area contributed by atoms with Gasteiger partial charge in [0.2, 0.25) is 0 Å². The quantitative estimate of drug-likeness (QED) is 0.0501. The van der Waals surface area contributed by atoms with Crippen LogP contribution in [0.5, 0.6) is 5.75 Å². The normalized spacial score (nSPS) is 15.7. The Hall–Kier alpha value is -4.19. The zero-order chi connectivity index (χ0) is 40.8. The minimum atomic E-state index is -0.579. The van der Waals surface area contributed by atoms with Gasteiger partial charge in [0.05, 0.1) is 26.4 Å². The molecule has 0 radical (unpaired) electrons. The molecule has 2 N–H and O–H groups in total. The molecule has 1 fully saturated rings. The van der Waals surface area contributed by atoms with Gasteiger partial charge in [-0.05, 0) is 138 Å². The first-order valence-corrected chi connectivity index (χ1v) is 21.8. The van der Waals surface area contributed by atoms with Crippen LogP contribution in [0.3, 0.4) is 0 Å². The first-order valence-electron chi connectivity index (χ1n) is 21.8. The Balaban J connectivity index is 1.33. The van der Waals surface area contributed by atoms with Gasteiger partial charge >= 0.3 is 5.97 Å². The number of aliphatic hydroxyl groups excluding tert-OH is 2. The van der Waals surface area contributed by atoms with E-state index in [2.05, 4.69) is 100 Å². The van der Waals surface area contributed by atoms with E-state index in [-0.39, 0.29) is 19.8 Å². The molecule has 0 heterocycles. The van der Waals surface area contributed by atoms with Crippen molar-refractivity contribution in [1.29, 1.82) is 0 Å². The molecule has 1 saturated carbocycles. The summed E-state index contributed by atoms with van der Waals surface area (Å²) in [7, 11) is 0. The van der Waals surface area contributed by atoms with E-state index in [1.807, 2.05) is 13.0 Å². The molecule has 4 aromatic rings. The highest BCUT2D eigenvalue weighted by molar-refractivity contribution is 5.87. The van der Waals surface area contributed by atoms with E-state index in [4.69, 9.17) is 9.47 Å². The van der Waals surface area contributed by atoms with Crippen LogP contribution in [0.2, 0.25) is 0 Å². The van der Waals surface area contributed by atoms with Gasteiger partial charge in [0.15, 0.2) is 0 Å². The maximum absolute atomic E-state index is 12.2. The third kappa shape index (κ3) is 11.5. The van der Waals surface area contributed by atoms with Gasteiger partial charge in [0.25, 0.3) is 0 Å². The molecule has 0 saturated heterocycles. The highest BCUT2D eigenvalue weighted by Crippen LogP contribution is 2.39. The highest BCUT2D eigenvalue weighted by Gasteiger charge is 2.27. The fourth-order valence-corrected chi connectivity index (χ4v) is 8.54. The molecule has 0 bridgehead atoms. The number of esters is 1. The van der Waals surface area contributed by atoms with E-state index >= 15 is 0 Å². The fourth-order valence-electron chi connectivity index (χ4n) is 8.54. The number of hydrogen-bond donors (Lipinski definition) is 2. The Morgan fingerprint density at radius 1 is 0.719 bits per heavy atom. The summed E-state index contributed by atoms with van der Waals surface area (Å²) in [6.07, 6.45) is 14.4. The van der Waals surface area contributed by atoms with Crippen molar-refractivity contribution in [2.75, 3.05) is 26.4 Å². The minimum absolute atomic E-state index is 0.0977. The van der Waals surface area contributed by atoms with Crippen LogP contribution in [0, 0.1) is 11.3 Å². The molecule has 0 unspecified atom stereocenters. The van der Waals surface area contributed by atoms with Crippen LogP contribution in [0.1, 0.15) is 127 Å². The number of unbranched alkanes of at least 4 members (excludes halogenated alkanes) is 2. The summed E-state index contributed by atoms with van der Waals surface area (Å²) in [5.74, 6) is 1.94. The topological polar surface area (TPSA) is 76.0 Å². The van der Waals surface area contributed by atoms with Gasteiger partial charge in [-0.25, -0.2) is 4.79 Å². The van der Waals surface area contributed by atoms with Crippen molar-refractivity contribution in [2.45, 2.75) is 124 Å². The molecule has 0 amide bonds. The molecule has 0 atom stereocenters. The fraction of sp³-hybridized carbons (Fsp3) is 0.481. The van der Waals surface area contributed by atoms with Gasteiger partial charge < -0.3 is 19.7 Å². The third-order valence-electron chi connectivity index (χ3n) is 12.7. The van der Waals surface area contributed by atoms with E-state index in [0.29, 0.717) is 43.1 Å². The summed E-state index contributed by atoms with van der Waals surface area (Å²) in [6.45, 7) is 14.4. The lowest BCUT2D eigenvalue weighted by atomic mass is 9.77. The van der Waals surface area contributed by atoms with Crippen LogP contribution in [-0.2, 0) is 28.8 Å². The molecule has 5 heteroatoms. The average Bonchev–Trinajstić information content (AvgIpc) is 3.25. The Morgan fingerprint density at radius 3 is 1.86 bits per heavy atom. The van der Waals surface area contributed by atoms with E-state index in [9.17, 15) is 15.0 Å². The Kier molecular flexibility index (Phi) is 16.6. The minimum Gasteiger partial charge on any atom is -0.493 e. The van der Waals surface area contributed by atoms with Crippen molar-refractivity contribution in [3.63, 3.8) is 0 Å². The summed E-state index contributed by atoms with van der Waals surface area (Å²) in [5.41, 5.74) is 12.1. The summed E-state index contributed by atoms with van der Waals surface area (Å²) >= 11 is 0. The van der Waals surface area contributed by atoms with Crippen molar-refractivity contribution < 1.29 is 24.5 Å². The van der Waals surface area contributed by atoms with E-state index in [0.717, 1.165) is 35.4 Å². The average molecular weight is 773 g/mol. The lowest BCUT2D eigenvalue weighted by molar-refractivity contribution is -0.138. The predicted molar refractivity (Wildman–Crippen MR) is 237 cm³/mol. The number of rotatable bonds is 21. The molecule has 0 aliphatic heterocycles. The maximum atomic E-state index is 12.2. The number of carbonyl (C=O) groups excluding carboxylic acids is 1. The SMILES string of the molecule is C=C(C)C(=O)OCCc1cc(-c2ccc(-c3ccc(-c4ccc(C5CCC(CCCCC)CC5)cc4)c(CC)c3)cc2CC)ccc1OCCC(CC)(CO)CO. The zero-order valence-corrected chi connectivity index (χ0v) is 35.5. The van der Waals surface area contributed by atoms with Crippen molar-refractivity contribution in [2.24, 2.45) is 11.3 Å². The Labute approximate surface area is 343 Å². The van der Waals surface area contributed by atoms with Crippen LogP contribution in [0.4, 0.5) is 0 Å². The first-order chi connectivity index (χ1) is 27.7. The first kappa shape index (κ1) is 43.9. The standard InChI is InChI=1S/C52H68O5/c1-7-11-12-13-38-14-16-41(17-15-38)42-18-20-43(21-19-42)48-25-22-44(32-39(48)8-2)45-23-26-49(40(9-3)33-45)46-24-27-50(56-31-29-52(10-4,35-53)36-54)47(34-46)28-30-57-51(55)37(5)6/h18-27,32-34,38,41,53-54H,5,7-17,28-31,35-36H2,1-4,6H3. The van der Waals surface area contributed by atoms with E-state index in [1.165, 1.54) is 90.3 Å². The van der Waals surface area contributed by atoms with Gasteiger partial charge in [-0.2, -0.15) is 0 Å². The van der Waals surface area contributed by atoms with Gasteiger partial charge in [-0.3, -0.25) is 0 Å². The molecule has 4 aromatic carbocycles. The van der Waals surface area contributed by atoms with Crippen LogP contribution in [-0.4, -0.2) is 42.6 Å². The number of aryl methyl sites for hydroxylation is 2. The second-order valence-corrected chi connectivity index (χ2v) is 16.5. The van der Waals surface area contributed by atoms with Gasteiger partial charge in [-0.1, -0.05) is 127 Å². The lowest BCUT2D eigenvalue weighted by Crippen LogP contribution is -2.31. The Morgan fingerprint density at radius 2 is 1.30 bits per heavy atom. The monoisotopic (exact) mass is 773 g/mol. The van der Waals surface area contributed by atoms with Gasteiger partial charge in [0.1, 0.15) is 5.75 Å². The van der Waals surface area contributed by atoms with Gasteiger partial charge in [0, 0.05) is 17.4 Å². The number of hydrogen-bond acceptors (Lipinski definition) is 5. The van der Waals surface area contributed by atoms with Gasteiger partial charge in [-0.15, -0.1) is 0 Å². The van der Waals surface area contributed by atoms with Crippen LogP contribution in [0.25, 0.3) is 33.4 Å². The second kappa shape index (κ2) is 21.5. The third-order valence-corrected chi connectivity index (χ3v) is 12.7. The smallest absolute Gasteiger partial charge is 0.333 e. The number of benzene rings is 4.